The third-order valence-electron chi connectivity index (χ3n) is 3.38. The SMILES string of the molecule is COCC(N)C(=O)NC1CCCc2c1cnn2C. The van der Waals surface area contributed by atoms with E-state index in [4.69, 9.17) is 10.5 Å². The summed E-state index contributed by atoms with van der Waals surface area (Å²) < 4.78 is 6.76. The number of rotatable bonds is 4. The Hall–Kier alpha value is -1.40. The van der Waals surface area contributed by atoms with Crippen molar-refractivity contribution in [1.29, 1.82) is 0 Å². The van der Waals surface area contributed by atoms with Gasteiger partial charge in [-0.2, -0.15) is 5.10 Å². The first-order valence-electron chi connectivity index (χ1n) is 6.19. The molecule has 0 bridgehead atoms. The molecule has 2 atom stereocenters. The van der Waals surface area contributed by atoms with Gasteiger partial charge in [0.2, 0.25) is 5.91 Å². The van der Waals surface area contributed by atoms with E-state index in [-0.39, 0.29) is 18.6 Å². The minimum atomic E-state index is -0.614. The Morgan fingerprint density at radius 2 is 2.56 bits per heavy atom. The molecule has 100 valence electrons. The number of nitrogens with one attached hydrogen (secondary N) is 1. The third-order valence-corrected chi connectivity index (χ3v) is 3.38. The minimum absolute atomic E-state index is 0.0258. The summed E-state index contributed by atoms with van der Waals surface area (Å²) in [6, 6.07) is -0.588. The van der Waals surface area contributed by atoms with Crippen molar-refractivity contribution in [3.05, 3.63) is 17.5 Å². The lowest BCUT2D eigenvalue weighted by Crippen LogP contribution is -2.45. The zero-order chi connectivity index (χ0) is 13.1. The van der Waals surface area contributed by atoms with Crippen molar-refractivity contribution in [1.82, 2.24) is 15.1 Å². The number of aromatic nitrogens is 2. The number of carbonyl (C=O) groups excluding carboxylic acids is 1. The van der Waals surface area contributed by atoms with Gasteiger partial charge in [-0.05, 0) is 19.3 Å². The molecule has 0 fully saturated rings. The van der Waals surface area contributed by atoms with Gasteiger partial charge >= 0.3 is 0 Å². The van der Waals surface area contributed by atoms with Gasteiger partial charge in [-0.25, -0.2) is 0 Å². The standard InChI is InChI=1S/C12H20N4O2/c1-16-11-5-3-4-10(8(11)6-14-16)15-12(17)9(13)7-18-2/h6,9-10H,3-5,7,13H2,1-2H3,(H,15,17). The van der Waals surface area contributed by atoms with Gasteiger partial charge < -0.3 is 15.8 Å². The van der Waals surface area contributed by atoms with Crippen molar-refractivity contribution in [2.45, 2.75) is 31.3 Å². The lowest BCUT2D eigenvalue weighted by molar-refractivity contribution is -0.124. The molecule has 6 nitrogen and oxygen atoms in total. The summed E-state index contributed by atoms with van der Waals surface area (Å²) in [5.41, 5.74) is 8.03. The Balaban J connectivity index is 2.05. The highest BCUT2D eigenvalue weighted by molar-refractivity contribution is 5.82. The smallest absolute Gasteiger partial charge is 0.239 e. The average molecular weight is 252 g/mol. The molecule has 3 N–H and O–H groups in total. The zero-order valence-electron chi connectivity index (χ0n) is 10.8. The number of fused-ring (bicyclic) bond motifs is 1. The molecular formula is C12H20N4O2. The van der Waals surface area contributed by atoms with Crippen LogP contribution in [0.1, 0.15) is 30.1 Å². The van der Waals surface area contributed by atoms with Gasteiger partial charge in [0, 0.05) is 25.4 Å². The van der Waals surface area contributed by atoms with Crippen LogP contribution in [0.15, 0.2) is 6.20 Å². The molecule has 0 spiro atoms. The van der Waals surface area contributed by atoms with Crippen LogP contribution in [0.2, 0.25) is 0 Å². The van der Waals surface area contributed by atoms with Crippen LogP contribution in [0, 0.1) is 0 Å². The highest BCUT2D eigenvalue weighted by atomic mass is 16.5. The van der Waals surface area contributed by atoms with Gasteiger partial charge in [0.05, 0.1) is 18.8 Å². The topological polar surface area (TPSA) is 82.2 Å². The van der Waals surface area contributed by atoms with Crippen molar-refractivity contribution < 1.29 is 9.53 Å². The van der Waals surface area contributed by atoms with Crippen LogP contribution in [0.3, 0.4) is 0 Å². The highest BCUT2D eigenvalue weighted by Gasteiger charge is 2.26. The number of nitrogens with zero attached hydrogens (tertiary/aromatic N) is 2. The fraction of sp³-hybridized carbons (Fsp3) is 0.667. The molecule has 1 aromatic heterocycles. The molecule has 0 aliphatic heterocycles. The lowest BCUT2D eigenvalue weighted by atomic mass is 9.93. The molecule has 6 heteroatoms. The van der Waals surface area contributed by atoms with E-state index in [9.17, 15) is 4.79 Å². The average Bonchev–Trinajstić information content (AvgIpc) is 2.73. The molecule has 2 rings (SSSR count). The summed E-state index contributed by atoms with van der Waals surface area (Å²) in [5.74, 6) is -0.168. The van der Waals surface area contributed by atoms with Crippen LogP contribution >= 0.6 is 0 Å². The fourth-order valence-electron chi connectivity index (χ4n) is 2.39. The van der Waals surface area contributed by atoms with Gasteiger partial charge in [0.15, 0.2) is 0 Å². The third kappa shape index (κ3) is 2.54. The van der Waals surface area contributed by atoms with E-state index in [1.165, 1.54) is 12.8 Å². The monoisotopic (exact) mass is 252 g/mol. The number of methoxy groups -OCH3 is 1. The largest absolute Gasteiger partial charge is 0.383 e. The Bertz CT molecular complexity index is 430. The minimum Gasteiger partial charge on any atom is -0.383 e. The summed E-state index contributed by atoms with van der Waals surface area (Å²) in [5, 5.41) is 7.22. The number of hydrogen-bond acceptors (Lipinski definition) is 4. The van der Waals surface area contributed by atoms with Gasteiger partial charge in [-0.15, -0.1) is 0 Å². The number of hydrogen-bond donors (Lipinski definition) is 2. The van der Waals surface area contributed by atoms with Crippen LogP contribution in [0.4, 0.5) is 0 Å². The molecule has 1 aliphatic rings. The van der Waals surface area contributed by atoms with Gasteiger partial charge in [0.1, 0.15) is 6.04 Å². The van der Waals surface area contributed by atoms with Crippen molar-refractivity contribution >= 4 is 5.91 Å². The predicted octanol–water partition coefficient (Wildman–Crippen LogP) is -0.113. The van der Waals surface area contributed by atoms with E-state index in [1.807, 2.05) is 17.9 Å². The first kappa shape index (κ1) is 13.0. The normalized spacial score (nSPS) is 20.3. The molecule has 0 saturated heterocycles. The van der Waals surface area contributed by atoms with Gasteiger partial charge in [-0.1, -0.05) is 0 Å². The van der Waals surface area contributed by atoms with Crippen LogP contribution in [-0.2, 0) is 23.0 Å². The highest BCUT2D eigenvalue weighted by Crippen LogP contribution is 2.28. The van der Waals surface area contributed by atoms with Gasteiger partial charge in [-0.3, -0.25) is 9.48 Å². The van der Waals surface area contributed by atoms with E-state index in [1.54, 1.807) is 0 Å². The Morgan fingerprint density at radius 3 is 3.28 bits per heavy atom. The van der Waals surface area contributed by atoms with Crippen molar-refractivity contribution in [2.24, 2.45) is 12.8 Å². The van der Waals surface area contributed by atoms with E-state index >= 15 is 0 Å². The molecule has 1 amide bonds. The maximum absolute atomic E-state index is 11.9. The second kappa shape index (κ2) is 5.49. The van der Waals surface area contributed by atoms with Crippen molar-refractivity contribution in [3.8, 4) is 0 Å². The number of amides is 1. The van der Waals surface area contributed by atoms with E-state index in [2.05, 4.69) is 10.4 Å². The predicted molar refractivity (Wildman–Crippen MR) is 66.9 cm³/mol. The summed E-state index contributed by atoms with van der Waals surface area (Å²) >= 11 is 0. The number of aryl methyl sites for hydroxylation is 1. The Morgan fingerprint density at radius 1 is 1.78 bits per heavy atom. The lowest BCUT2D eigenvalue weighted by Gasteiger charge is -2.25. The van der Waals surface area contributed by atoms with Crippen LogP contribution in [-0.4, -0.2) is 35.4 Å². The first-order valence-corrected chi connectivity index (χ1v) is 6.19. The second-order valence-electron chi connectivity index (χ2n) is 4.69. The molecule has 1 aromatic rings. The fourth-order valence-corrected chi connectivity index (χ4v) is 2.39. The van der Waals surface area contributed by atoms with Crippen LogP contribution < -0.4 is 11.1 Å². The Labute approximate surface area is 106 Å². The van der Waals surface area contributed by atoms with E-state index in [0.717, 1.165) is 24.8 Å². The summed E-state index contributed by atoms with van der Waals surface area (Å²) in [4.78, 5) is 11.9. The molecular weight excluding hydrogens is 232 g/mol. The first-order chi connectivity index (χ1) is 8.63. The second-order valence-corrected chi connectivity index (χ2v) is 4.69. The molecule has 0 radical (unpaired) electrons. The summed E-state index contributed by atoms with van der Waals surface area (Å²) in [7, 11) is 3.46. The van der Waals surface area contributed by atoms with Crippen LogP contribution in [0.5, 0.6) is 0 Å². The molecule has 1 heterocycles. The molecule has 0 saturated carbocycles. The summed E-state index contributed by atoms with van der Waals surface area (Å²) in [6.07, 6.45) is 4.84. The number of nitrogens with two attached hydrogens (primary N) is 1. The van der Waals surface area contributed by atoms with Crippen LogP contribution in [0.25, 0.3) is 0 Å². The Kier molecular flexibility index (Phi) is 3.98. The molecule has 1 aliphatic carbocycles. The zero-order valence-corrected chi connectivity index (χ0v) is 10.8. The quantitative estimate of drug-likeness (QED) is 0.783. The van der Waals surface area contributed by atoms with Crippen molar-refractivity contribution in [2.75, 3.05) is 13.7 Å². The molecule has 18 heavy (non-hydrogen) atoms. The number of carbonyl (C=O) groups is 1. The maximum atomic E-state index is 11.9. The van der Waals surface area contributed by atoms with Gasteiger partial charge in [0.25, 0.3) is 0 Å². The number of ether oxygens (including phenoxy) is 1. The summed E-state index contributed by atoms with van der Waals surface area (Å²) in [6.45, 7) is 0.235. The van der Waals surface area contributed by atoms with Crippen molar-refractivity contribution in [3.63, 3.8) is 0 Å². The van der Waals surface area contributed by atoms with E-state index in [0.29, 0.717) is 0 Å². The maximum Gasteiger partial charge on any atom is 0.239 e. The molecule has 2 unspecified atom stereocenters. The van der Waals surface area contributed by atoms with E-state index < -0.39 is 6.04 Å². The molecule has 0 aromatic carbocycles.